The molecule has 0 bridgehead atoms. The van der Waals surface area contributed by atoms with Gasteiger partial charge in [-0.05, 0) is 29.8 Å². The largest absolute Gasteiger partial charge is 0.399 e. The Labute approximate surface area is 135 Å². The van der Waals surface area contributed by atoms with Gasteiger partial charge in [0.05, 0.1) is 11.1 Å². The van der Waals surface area contributed by atoms with Gasteiger partial charge >= 0.3 is 0 Å². The summed E-state index contributed by atoms with van der Waals surface area (Å²) in [7, 11) is 0. The van der Waals surface area contributed by atoms with Crippen molar-refractivity contribution in [2.24, 2.45) is 0 Å². The summed E-state index contributed by atoms with van der Waals surface area (Å²) in [6, 6.07) is 11.2. The molecule has 1 aromatic carbocycles. The van der Waals surface area contributed by atoms with E-state index in [4.69, 9.17) is 5.73 Å². The molecule has 0 aliphatic carbocycles. The Hall–Kier alpha value is -3.06. The molecule has 3 aromatic heterocycles. The number of hydrogen-bond donors (Lipinski definition) is 3. The third-order valence-corrected chi connectivity index (χ3v) is 4.48. The van der Waals surface area contributed by atoms with Gasteiger partial charge in [-0.25, -0.2) is 4.98 Å². The first-order valence-electron chi connectivity index (χ1n) is 6.98. The second-order valence-corrected chi connectivity index (χ2v) is 6.08. The number of aromatic amines is 1. The molecule has 1 amide bonds. The number of carbonyl (C=O) groups is 1. The van der Waals surface area contributed by atoms with Crippen molar-refractivity contribution < 1.29 is 4.79 Å². The topological polar surface area (TPSA) is 88.2 Å². The molecular weight excluding hydrogens is 310 g/mol. The van der Waals surface area contributed by atoms with E-state index in [9.17, 15) is 4.79 Å². The molecule has 4 rings (SSSR count). The lowest BCUT2D eigenvalue weighted by atomic mass is 10.2. The summed E-state index contributed by atoms with van der Waals surface area (Å²) in [4.78, 5) is 21.2. The maximum atomic E-state index is 12.0. The molecule has 0 saturated heterocycles. The highest BCUT2D eigenvalue weighted by Gasteiger charge is 2.11. The molecule has 4 N–H and O–H groups in total. The van der Waals surface area contributed by atoms with E-state index < -0.39 is 0 Å². The van der Waals surface area contributed by atoms with Crippen molar-refractivity contribution in [2.75, 3.05) is 11.1 Å². The van der Waals surface area contributed by atoms with E-state index in [0.717, 1.165) is 21.1 Å². The van der Waals surface area contributed by atoms with E-state index in [1.807, 2.05) is 34.9 Å². The zero-order valence-corrected chi connectivity index (χ0v) is 12.8. The first kappa shape index (κ1) is 13.6. The number of carbonyl (C=O) groups excluding carboxylic acids is 1. The van der Waals surface area contributed by atoms with E-state index in [0.29, 0.717) is 11.5 Å². The van der Waals surface area contributed by atoms with Crippen LogP contribution in [0.25, 0.3) is 15.4 Å². The maximum Gasteiger partial charge on any atom is 0.273 e. The minimum atomic E-state index is -0.209. The highest BCUT2D eigenvalue weighted by Crippen LogP contribution is 2.29. The van der Waals surface area contributed by atoms with Gasteiger partial charge < -0.3 is 16.0 Å². The van der Waals surface area contributed by atoms with Gasteiger partial charge in [0.2, 0.25) is 0 Å². The van der Waals surface area contributed by atoms with Gasteiger partial charge in [-0.1, -0.05) is 23.5 Å². The van der Waals surface area contributed by atoms with E-state index in [1.165, 1.54) is 0 Å². The number of hydrogen-bond acceptors (Lipinski definition) is 4. The van der Waals surface area contributed by atoms with Crippen LogP contribution in [0, 0.1) is 0 Å². The van der Waals surface area contributed by atoms with Crippen molar-refractivity contribution in [3.63, 3.8) is 0 Å². The fourth-order valence-electron chi connectivity index (χ4n) is 2.29. The Morgan fingerprint density at radius 2 is 2.04 bits per heavy atom. The minimum absolute atomic E-state index is 0.209. The van der Waals surface area contributed by atoms with Crippen molar-refractivity contribution in [1.29, 1.82) is 0 Å². The van der Waals surface area contributed by atoms with E-state index in [1.54, 1.807) is 35.9 Å². The molecule has 0 spiro atoms. The van der Waals surface area contributed by atoms with Gasteiger partial charge in [0.25, 0.3) is 5.91 Å². The van der Waals surface area contributed by atoms with Crippen LogP contribution in [-0.4, -0.2) is 20.3 Å². The standard InChI is InChI=1S/C16H13N5OS/c17-11-5-3-10(4-6-11)13-8-21-9-14(20-16(21)23-13)19-15(22)12-2-1-7-18-12/h1-9,18H,17H2,(H,19,22). The molecule has 0 fully saturated rings. The van der Waals surface area contributed by atoms with Crippen molar-refractivity contribution in [3.8, 4) is 10.4 Å². The highest BCUT2D eigenvalue weighted by molar-refractivity contribution is 7.20. The number of thiazole rings is 1. The lowest BCUT2D eigenvalue weighted by Gasteiger charge is -1.99. The lowest BCUT2D eigenvalue weighted by molar-refractivity contribution is 0.102. The zero-order chi connectivity index (χ0) is 15.8. The molecule has 23 heavy (non-hydrogen) atoms. The van der Waals surface area contributed by atoms with Crippen LogP contribution in [0.1, 0.15) is 10.5 Å². The van der Waals surface area contributed by atoms with E-state index >= 15 is 0 Å². The summed E-state index contributed by atoms with van der Waals surface area (Å²) in [5.41, 5.74) is 8.04. The number of anilines is 2. The van der Waals surface area contributed by atoms with Crippen molar-refractivity contribution in [2.45, 2.75) is 0 Å². The lowest BCUT2D eigenvalue weighted by Crippen LogP contribution is -2.12. The van der Waals surface area contributed by atoms with Crippen LogP contribution in [0.15, 0.2) is 55.0 Å². The number of H-pyrrole nitrogens is 1. The number of nitrogens with two attached hydrogens (primary N) is 1. The highest BCUT2D eigenvalue weighted by atomic mass is 32.1. The van der Waals surface area contributed by atoms with Gasteiger partial charge in [-0.2, -0.15) is 0 Å². The fourth-order valence-corrected chi connectivity index (χ4v) is 3.26. The van der Waals surface area contributed by atoms with Gasteiger partial charge in [0.1, 0.15) is 5.69 Å². The average molecular weight is 323 g/mol. The third-order valence-electron chi connectivity index (χ3n) is 3.44. The number of nitrogen functional groups attached to an aromatic ring is 1. The quantitative estimate of drug-likeness (QED) is 0.506. The molecule has 0 unspecified atom stereocenters. The van der Waals surface area contributed by atoms with Crippen LogP contribution in [0.4, 0.5) is 11.5 Å². The van der Waals surface area contributed by atoms with Gasteiger partial charge in [0.15, 0.2) is 10.8 Å². The number of benzene rings is 1. The van der Waals surface area contributed by atoms with Crippen LogP contribution in [0.5, 0.6) is 0 Å². The molecule has 3 heterocycles. The number of nitrogens with one attached hydrogen (secondary N) is 2. The van der Waals surface area contributed by atoms with Crippen LogP contribution in [-0.2, 0) is 0 Å². The van der Waals surface area contributed by atoms with Crippen LogP contribution in [0.2, 0.25) is 0 Å². The smallest absolute Gasteiger partial charge is 0.273 e. The van der Waals surface area contributed by atoms with Crippen LogP contribution < -0.4 is 11.1 Å². The van der Waals surface area contributed by atoms with Crippen LogP contribution >= 0.6 is 11.3 Å². The molecular formula is C16H13N5OS. The summed E-state index contributed by atoms with van der Waals surface area (Å²) in [5, 5.41) is 2.77. The van der Waals surface area contributed by atoms with Crippen molar-refractivity contribution >= 4 is 33.7 Å². The van der Waals surface area contributed by atoms with Gasteiger partial charge in [-0.15, -0.1) is 0 Å². The van der Waals surface area contributed by atoms with E-state index in [-0.39, 0.29) is 5.91 Å². The number of aromatic nitrogens is 3. The monoisotopic (exact) mass is 323 g/mol. The predicted molar refractivity (Wildman–Crippen MR) is 91.7 cm³/mol. The minimum Gasteiger partial charge on any atom is -0.399 e. The normalized spacial score (nSPS) is 11.0. The first-order chi connectivity index (χ1) is 11.2. The average Bonchev–Trinajstić information content (AvgIpc) is 3.23. The SMILES string of the molecule is Nc1ccc(-c2cn3cc(NC(=O)c4ccc[nH]4)nc3s2)cc1. The number of rotatable bonds is 3. The molecule has 114 valence electrons. The Kier molecular flexibility index (Phi) is 3.13. The molecule has 0 radical (unpaired) electrons. The number of amides is 1. The van der Waals surface area contributed by atoms with Gasteiger partial charge in [0, 0.05) is 18.1 Å². The molecule has 0 atom stereocenters. The molecule has 7 heteroatoms. The van der Waals surface area contributed by atoms with Crippen LogP contribution in [0.3, 0.4) is 0 Å². The Balaban J connectivity index is 1.59. The summed E-state index contributed by atoms with van der Waals surface area (Å²) in [6.45, 7) is 0. The molecule has 6 nitrogen and oxygen atoms in total. The maximum absolute atomic E-state index is 12.0. The Morgan fingerprint density at radius 1 is 1.22 bits per heavy atom. The van der Waals surface area contributed by atoms with Crippen molar-refractivity contribution in [1.82, 2.24) is 14.4 Å². The number of imidazole rings is 1. The summed E-state index contributed by atoms with van der Waals surface area (Å²) in [6.07, 6.45) is 5.50. The summed E-state index contributed by atoms with van der Waals surface area (Å²) in [5.74, 6) is 0.319. The third kappa shape index (κ3) is 2.58. The summed E-state index contributed by atoms with van der Waals surface area (Å²) >= 11 is 1.55. The molecule has 0 aliphatic heterocycles. The fraction of sp³-hybridized carbons (Fsp3) is 0. The zero-order valence-electron chi connectivity index (χ0n) is 12.0. The van der Waals surface area contributed by atoms with E-state index in [2.05, 4.69) is 15.3 Å². The molecule has 0 saturated carbocycles. The Morgan fingerprint density at radius 3 is 2.74 bits per heavy atom. The first-order valence-corrected chi connectivity index (χ1v) is 7.80. The number of nitrogens with zero attached hydrogens (tertiary/aromatic N) is 2. The van der Waals surface area contributed by atoms with Gasteiger partial charge in [-0.3, -0.25) is 9.20 Å². The summed E-state index contributed by atoms with van der Waals surface area (Å²) < 4.78 is 1.90. The molecule has 0 aliphatic rings. The Bertz CT molecular complexity index is 934. The predicted octanol–water partition coefficient (Wildman–Crippen LogP) is 3.23. The van der Waals surface area contributed by atoms with Crippen molar-refractivity contribution in [3.05, 3.63) is 60.7 Å². The second-order valence-electron chi connectivity index (χ2n) is 5.07. The number of fused-ring (bicyclic) bond motifs is 1. The molecule has 4 aromatic rings. The second kappa shape index (κ2) is 5.29.